The minimum absolute atomic E-state index is 0.469. The number of hydrogen-bond donors (Lipinski definition) is 2. The van der Waals surface area contributed by atoms with E-state index in [1.54, 1.807) is 11.3 Å². The summed E-state index contributed by atoms with van der Waals surface area (Å²) in [6, 6.07) is 17.8. The normalized spacial score (nSPS) is 10.8. The van der Waals surface area contributed by atoms with Crippen LogP contribution in [0, 0.1) is 0 Å². The van der Waals surface area contributed by atoms with Gasteiger partial charge in [-0.3, -0.25) is 0 Å². The number of rotatable bonds is 3. The third kappa shape index (κ3) is 3.50. The average molecular weight is 403 g/mol. The Balaban J connectivity index is 1.53. The van der Waals surface area contributed by atoms with E-state index < -0.39 is 0 Å². The topological polar surface area (TPSA) is 49.8 Å². The first-order chi connectivity index (χ1) is 12.2. The van der Waals surface area contributed by atoms with Crippen LogP contribution in [0.25, 0.3) is 20.0 Å². The maximum atomic E-state index is 6.50. The zero-order chi connectivity index (χ0) is 17.2. The SMILES string of the molecule is S=C(Nc1ccccc1)Nc1nnc(-c2sc3ccccc3c2Cl)s1. The summed E-state index contributed by atoms with van der Waals surface area (Å²) in [5, 5.41) is 18.2. The van der Waals surface area contributed by atoms with Crippen molar-refractivity contribution in [1.29, 1.82) is 0 Å². The van der Waals surface area contributed by atoms with Crippen molar-refractivity contribution in [2.24, 2.45) is 0 Å². The monoisotopic (exact) mass is 402 g/mol. The first-order valence-corrected chi connectivity index (χ1v) is 9.76. The Kier molecular flexibility index (Phi) is 4.63. The van der Waals surface area contributed by atoms with Gasteiger partial charge in [-0.25, -0.2) is 0 Å². The Bertz CT molecular complexity index is 1040. The zero-order valence-corrected chi connectivity index (χ0v) is 15.9. The third-order valence-electron chi connectivity index (χ3n) is 3.41. The highest BCUT2D eigenvalue weighted by molar-refractivity contribution is 7.80. The van der Waals surface area contributed by atoms with E-state index in [-0.39, 0.29) is 0 Å². The minimum Gasteiger partial charge on any atom is -0.332 e. The highest BCUT2D eigenvalue weighted by Gasteiger charge is 2.16. The van der Waals surface area contributed by atoms with Gasteiger partial charge in [-0.1, -0.05) is 59.3 Å². The summed E-state index contributed by atoms with van der Waals surface area (Å²) >= 11 is 14.9. The lowest BCUT2D eigenvalue weighted by molar-refractivity contribution is 1.10. The molecule has 124 valence electrons. The van der Waals surface area contributed by atoms with E-state index >= 15 is 0 Å². The van der Waals surface area contributed by atoms with E-state index in [1.807, 2.05) is 48.5 Å². The lowest BCUT2D eigenvalue weighted by Crippen LogP contribution is -2.18. The number of nitrogens with zero attached hydrogens (tertiary/aromatic N) is 2. The molecule has 0 atom stereocenters. The molecule has 0 spiro atoms. The van der Waals surface area contributed by atoms with Crippen molar-refractivity contribution in [3.8, 4) is 9.88 Å². The van der Waals surface area contributed by atoms with Crippen LogP contribution in [0.3, 0.4) is 0 Å². The molecular weight excluding hydrogens is 392 g/mol. The molecule has 0 aliphatic carbocycles. The molecule has 0 radical (unpaired) electrons. The Hall–Kier alpha value is -2.06. The van der Waals surface area contributed by atoms with Crippen LogP contribution in [-0.4, -0.2) is 15.3 Å². The second-order valence-electron chi connectivity index (χ2n) is 5.10. The summed E-state index contributed by atoms with van der Waals surface area (Å²) in [7, 11) is 0. The number of thiocarbonyl (C=S) groups is 1. The summed E-state index contributed by atoms with van der Waals surface area (Å²) in [6.07, 6.45) is 0. The zero-order valence-electron chi connectivity index (χ0n) is 12.7. The molecule has 2 heterocycles. The Morgan fingerprint density at radius 3 is 2.48 bits per heavy atom. The van der Waals surface area contributed by atoms with Crippen molar-refractivity contribution >= 4 is 72.5 Å². The maximum absolute atomic E-state index is 6.50. The fraction of sp³-hybridized carbons (Fsp3) is 0. The number of nitrogens with one attached hydrogen (secondary N) is 2. The van der Waals surface area contributed by atoms with Gasteiger partial charge in [0.15, 0.2) is 10.1 Å². The number of halogens is 1. The van der Waals surface area contributed by atoms with E-state index in [1.165, 1.54) is 11.3 Å². The molecule has 4 aromatic rings. The molecule has 8 heteroatoms. The number of fused-ring (bicyclic) bond motifs is 1. The van der Waals surface area contributed by atoms with Gasteiger partial charge < -0.3 is 10.6 Å². The van der Waals surface area contributed by atoms with Crippen molar-refractivity contribution < 1.29 is 0 Å². The third-order valence-corrected chi connectivity index (χ3v) is 6.28. The predicted octanol–water partition coefficient (Wildman–Crippen LogP) is 5.88. The van der Waals surface area contributed by atoms with Gasteiger partial charge in [-0.15, -0.1) is 21.5 Å². The molecule has 0 amide bonds. The molecular formula is C17H11ClN4S3. The van der Waals surface area contributed by atoms with Crippen molar-refractivity contribution in [2.45, 2.75) is 0 Å². The molecule has 0 unspecified atom stereocenters. The highest BCUT2D eigenvalue weighted by Crippen LogP contribution is 2.43. The van der Waals surface area contributed by atoms with E-state index in [0.29, 0.717) is 15.3 Å². The van der Waals surface area contributed by atoms with Crippen LogP contribution in [-0.2, 0) is 0 Å². The number of thiophene rings is 1. The largest absolute Gasteiger partial charge is 0.332 e. The Labute approximate surface area is 162 Å². The van der Waals surface area contributed by atoms with Crippen molar-refractivity contribution in [3.05, 3.63) is 59.6 Å². The molecule has 25 heavy (non-hydrogen) atoms. The van der Waals surface area contributed by atoms with E-state index in [0.717, 1.165) is 25.7 Å². The van der Waals surface area contributed by atoms with Crippen LogP contribution in [0.2, 0.25) is 5.02 Å². The van der Waals surface area contributed by atoms with Crippen LogP contribution in [0.15, 0.2) is 54.6 Å². The Morgan fingerprint density at radius 2 is 1.68 bits per heavy atom. The van der Waals surface area contributed by atoms with E-state index in [4.69, 9.17) is 23.8 Å². The first kappa shape index (κ1) is 16.4. The van der Waals surface area contributed by atoms with Crippen LogP contribution in [0.1, 0.15) is 0 Å². The molecule has 0 fully saturated rings. The van der Waals surface area contributed by atoms with Crippen LogP contribution in [0.4, 0.5) is 10.8 Å². The van der Waals surface area contributed by atoms with Gasteiger partial charge in [0.2, 0.25) is 5.13 Å². The lowest BCUT2D eigenvalue weighted by Gasteiger charge is -2.07. The molecule has 2 aromatic carbocycles. The fourth-order valence-corrected chi connectivity index (χ4v) is 4.98. The van der Waals surface area contributed by atoms with Gasteiger partial charge in [0, 0.05) is 15.8 Å². The van der Waals surface area contributed by atoms with Gasteiger partial charge in [0.25, 0.3) is 0 Å². The fourth-order valence-electron chi connectivity index (χ4n) is 2.30. The Morgan fingerprint density at radius 1 is 0.920 bits per heavy atom. The van der Waals surface area contributed by atoms with Gasteiger partial charge in [0.05, 0.1) is 9.90 Å². The summed E-state index contributed by atoms with van der Waals surface area (Å²) in [6.45, 7) is 0. The number of benzene rings is 2. The lowest BCUT2D eigenvalue weighted by atomic mass is 10.2. The molecule has 2 N–H and O–H groups in total. The van der Waals surface area contributed by atoms with Gasteiger partial charge in [0.1, 0.15) is 0 Å². The standard InChI is InChI=1S/C17H11ClN4S3/c18-13-11-8-4-5-9-12(11)24-14(13)15-21-22-17(25-15)20-16(23)19-10-6-2-1-3-7-10/h1-9H,(H2,19,20,22,23). The minimum atomic E-state index is 0.469. The van der Waals surface area contributed by atoms with Gasteiger partial charge >= 0.3 is 0 Å². The first-order valence-electron chi connectivity index (χ1n) is 7.34. The number of anilines is 2. The number of hydrogen-bond acceptors (Lipinski definition) is 5. The number of aromatic nitrogens is 2. The molecule has 0 aliphatic heterocycles. The van der Waals surface area contributed by atoms with Crippen molar-refractivity contribution in [1.82, 2.24) is 10.2 Å². The van der Waals surface area contributed by atoms with Gasteiger partial charge in [-0.2, -0.15) is 0 Å². The number of para-hydroxylation sites is 1. The molecule has 0 bridgehead atoms. The summed E-state index contributed by atoms with van der Waals surface area (Å²) in [5.41, 5.74) is 0.914. The van der Waals surface area contributed by atoms with Crippen LogP contribution in [0.5, 0.6) is 0 Å². The molecule has 4 nitrogen and oxygen atoms in total. The molecule has 0 saturated heterocycles. The molecule has 0 aliphatic rings. The molecule has 4 rings (SSSR count). The van der Waals surface area contributed by atoms with Crippen molar-refractivity contribution in [3.63, 3.8) is 0 Å². The quantitative estimate of drug-likeness (QED) is 0.419. The predicted molar refractivity (Wildman–Crippen MR) is 112 cm³/mol. The van der Waals surface area contributed by atoms with Crippen LogP contribution >= 0.6 is 46.5 Å². The highest BCUT2D eigenvalue weighted by atomic mass is 35.5. The second kappa shape index (κ2) is 7.05. The average Bonchev–Trinajstić information content (AvgIpc) is 3.21. The maximum Gasteiger partial charge on any atom is 0.212 e. The smallest absolute Gasteiger partial charge is 0.212 e. The van der Waals surface area contributed by atoms with Crippen LogP contribution < -0.4 is 10.6 Å². The molecule has 2 aromatic heterocycles. The van der Waals surface area contributed by atoms with Crippen molar-refractivity contribution in [2.75, 3.05) is 10.6 Å². The van der Waals surface area contributed by atoms with Gasteiger partial charge in [-0.05, 0) is 30.4 Å². The summed E-state index contributed by atoms with van der Waals surface area (Å²) < 4.78 is 1.13. The second-order valence-corrected chi connectivity index (χ2v) is 7.91. The van der Waals surface area contributed by atoms with E-state index in [2.05, 4.69) is 26.9 Å². The summed E-state index contributed by atoms with van der Waals surface area (Å²) in [4.78, 5) is 0.926. The van der Waals surface area contributed by atoms with E-state index in [9.17, 15) is 0 Å². The summed E-state index contributed by atoms with van der Waals surface area (Å²) in [5.74, 6) is 0. The molecule has 0 saturated carbocycles.